The SMILES string of the molecule is Cc1ccsc1/C=N/NC(=O)CCc1n[nH]c(=O)[nH]c1=O. The van der Waals surface area contributed by atoms with E-state index in [1.165, 1.54) is 11.3 Å². The zero-order valence-electron chi connectivity index (χ0n) is 11.2. The van der Waals surface area contributed by atoms with Crippen LogP contribution in [0.3, 0.4) is 0 Å². The number of rotatable bonds is 5. The number of H-pyrrole nitrogens is 2. The van der Waals surface area contributed by atoms with Crippen molar-refractivity contribution in [3.63, 3.8) is 0 Å². The number of amides is 1. The lowest BCUT2D eigenvalue weighted by atomic mass is 10.2. The van der Waals surface area contributed by atoms with Gasteiger partial charge in [-0.25, -0.2) is 15.3 Å². The van der Waals surface area contributed by atoms with Gasteiger partial charge in [0, 0.05) is 17.7 Å². The van der Waals surface area contributed by atoms with Gasteiger partial charge in [-0.2, -0.15) is 10.2 Å². The first kappa shape index (κ1) is 14.9. The van der Waals surface area contributed by atoms with E-state index >= 15 is 0 Å². The molecule has 2 aromatic heterocycles. The van der Waals surface area contributed by atoms with Gasteiger partial charge in [-0.05, 0) is 23.9 Å². The number of hydrogen-bond acceptors (Lipinski definition) is 6. The van der Waals surface area contributed by atoms with Gasteiger partial charge in [0.25, 0.3) is 5.56 Å². The summed E-state index contributed by atoms with van der Waals surface area (Å²) in [6, 6.07) is 1.96. The Morgan fingerprint density at radius 3 is 3.00 bits per heavy atom. The van der Waals surface area contributed by atoms with E-state index in [2.05, 4.69) is 20.7 Å². The minimum Gasteiger partial charge on any atom is -0.273 e. The normalized spacial score (nSPS) is 10.9. The molecule has 3 N–H and O–H groups in total. The molecule has 0 bridgehead atoms. The number of aromatic nitrogens is 3. The van der Waals surface area contributed by atoms with Gasteiger partial charge in [0.15, 0.2) is 0 Å². The summed E-state index contributed by atoms with van der Waals surface area (Å²) in [5.74, 6) is -0.340. The van der Waals surface area contributed by atoms with E-state index < -0.39 is 11.2 Å². The highest BCUT2D eigenvalue weighted by Crippen LogP contribution is 2.12. The topological polar surface area (TPSA) is 120 Å². The quantitative estimate of drug-likeness (QED) is 0.528. The van der Waals surface area contributed by atoms with Gasteiger partial charge >= 0.3 is 5.69 Å². The number of hydrazone groups is 1. The zero-order valence-corrected chi connectivity index (χ0v) is 12.0. The summed E-state index contributed by atoms with van der Waals surface area (Å²) < 4.78 is 0. The maximum absolute atomic E-state index is 11.6. The van der Waals surface area contributed by atoms with Crippen LogP contribution in [-0.4, -0.2) is 27.3 Å². The molecule has 0 unspecified atom stereocenters. The van der Waals surface area contributed by atoms with Gasteiger partial charge in [-0.15, -0.1) is 11.3 Å². The molecule has 0 spiro atoms. The van der Waals surface area contributed by atoms with E-state index in [0.29, 0.717) is 0 Å². The Balaban J connectivity index is 1.85. The van der Waals surface area contributed by atoms with Crippen LogP contribution < -0.4 is 16.7 Å². The molecule has 2 rings (SSSR count). The molecule has 0 fully saturated rings. The molecule has 1 amide bonds. The molecule has 0 aliphatic carbocycles. The summed E-state index contributed by atoms with van der Waals surface area (Å²) in [6.45, 7) is 1.95. The van der Waals surface area contributed by atoms with Crippen LogP contribution in [0.5, 0.6) is 0 Å². The number of aromatic amines is 2. The number of carbonyl (C=O) groups is 1. The third kappa shape index (κ3) is 4.21. The zero-order chi connectivity index (χ0) is 15.2. The van der Waals surface area contributed by atoms with Crippen molar-refractivity contribution in [2.45, 2.75) is 19.8 Å². The highest BCUT2D eigenvalue weighted by molar-refractivity contribution is 7.11. The lowest BCUT2D eigenvalue weighted by Gasteiger charge is -1.98. The van der Waals surface area contributed by atoms with E-state index in [-0.39, 0.29) is 24.4 Å². The molecule has 0 saturated heterocycles. The molecule has 0 radical (unpaired) electrons. The van der Waals surface area contributed by atoms with Crippen molar-refractivity contribution >= 4 is 23.5 Å². The fourth-order valence-corrected chi connectivity index (χ4v) is 2.30. The molecule has 0 aromatic carbocycles. The summed E-state index contributed by atoms with van der Waals surface area (Å²) in [6.07, 6.45) is 1.73. The van der Waals surface area contributed by atoms with Gasteiger partial charge < -0.3 is 0 Å². The summed E-state index contributed by atoms with van der Waals surface area (Å²) in [5, 5.41) is 11.5. The number of aryl methyl sites for hydroxylation is 2. The molecule has 21 heavy (non-hydrogen) atoms. The summed E-state index contributed by atoms with van der Waals surface area (Å²) in [7, 11) is 0. The second kappa shape index (κ2) is 6.75. The molecular weight excluding hydrogens is 294 g/mol. The number of nitrogens with one attached hydrogen (secondary N) is 3. The average molecular weight is 307 g/mol. The first-order chi connectivity index (χ1) is 10.1. The Morgan fingerprint density at radius 2 is 2.33 bits per heavy atom. The van der Waals surface area contributed by atoms with E-state index in [1.54, 1.807) is 6.21 Å². The van der Waals surface area contributed by atoms with E-state index in [9.17, 15) is 14.4 Å². The third-order valence-electron chi connectivity index (χ3n) is 2.64. The Morgan fingerprint density at radius 1 is 1.52 bits per heavy atom. The molecule has 0 aliphatic heterocycles. The number of nitrogens with zero attached hydrogens (tertiary/aromatic N) is 2. The minimum atomic E-state index is -0.677. The van der Waals surface area contributed by atoms with Crippen LogP contribution in [0, 0.1) is 6.92 Å². The summed E-state index contributed by atoms with van der Waals surface area (Å²) in [5.41, 5.74) is 2.29. The van der Waals surface area contributed by atoms with Crippen LogP contribution >= 0.6 is 11.3 Å². The predicted octanol–water partition coefficient (Wildman–Crippen LogP) is -0.0890. The lowest BCUT2D eigenvalue weighted by Crippen LogP contribution is -2.28. The first-order valence-corrected chi connectivity index (χ1v) is 6.98. The van der Waals surface area contributed by atoms with E-state index in [1.807, 2.05) is 23.4 Å². The van der Waals surface area contributed by atoms with Crippen molar-refractivity contribution in [1.29, 1.82) is 0 Å². The van der Waals surface area contributed by atoms with Crippen molar-refractivity contribution in [2.24, 2.45) is 5.10 Å². The minimum absolute atomic E-state index is 0.0445. The van der Waals surface area contributed by atoms with Gasteiger partial charge in [0.05, 0.1) is 6.21 Å². The number of carbonyl (C=O) groups excluding carboxylic acids is 1. The summed E-state index contributed by atoms with van der Waals surface area (Å²) in [4.78, 5) is 36.7. The molecule has 0 aliphatic rings. The fraction of sp³-hybridized carbons (Fsp3) is 0.250. The van der Waals surface area contributed by atoms with Crippen molar-refractivity contribution in [1.82, 2.24) is 20.6 Å². The number of thiophene rings is 1. The van der Waals surface area contributed by atoms with Gasteiger partial charge in [0.2, 0.25) is 5.91 Å². The van der Waals surface area contributed by atoms with Gasteiger partial charge in [-0.3, -0.25) is 14.6 Å². The third-order valence-corrected chi connectivity index (χ3v) is 3.60. The van der Waals surface area contributed by atoms with Crippen molar-refractivity contribution in [2.75, 3.05) is 0 Å². The second-order valence-corrected chi connectivity index (χ2v) is 5.16. The molecule has 110 valence electrons. The monoisotopic (exact) mass is 307 g/mol. The molecular formula is C12H13N5O3S. The molecule has 0 saturated carbocycles. The van der Waals surface area contributed by atoms with Crippen LogP contribution in [0.2, 0.25) is 0 Å². The van der Waals surface area contributed by atoms with Gasteiger partial charge in [-0.1, -0.05) is 0 Å². The largest absolute Gasteiger partial charge is 0.342 e. The van der Waals surface area contributed by atoms with Crippen LogP contribution in [0.25, 0.3) is 0 Å². The van der Waals surface area contributed by atoms with Crippen molar-refractivity contribution in [3.8, 4) is 0 Å². The number of hydrogen-bond donors (Lipinski definition) is 3. The fourth-order valence-electron chi connectivity index (χ4n) is 1.51. The van der Waals surface area contributed by atoms with Crippen LogP contribution in [0.1, 0.15) is 22.6 Å². The van der Waals surface area contributed by atoms with Crippen molar-refractivity contribution < 1.29 is 4.79 Å². The van der Waals surface area contributed by atoms with Crippen LogP contribution in [0.4, 0.5) is 0 Å². The Bertz CT molecular complexity index is 773. The molecule has 2 aromatic rings. The molecule has 9 heteroatoms. The maximum Gasteiger partial charge on any atom is 0.342 e. The van der Waals surface area contributed by atoms with Crippen LogP contribution in [0.15, 0.2) is 26.1 Å². The van der Waals surface area contributed by atoms with Crippen LogP contribution in [-0.2, 0) is 11.2 Å². The Kier molecular flexibility index (Phi) is 4.77. The predicted molar refractivity (Wildman–Crippen MR) is 78.6 cm³/mol. The maximum atomic E-state index is 11.6. The van der Waals surface area contributed by atoms with Crippen molar-refractivity contribution in [3.05, 3.63) is 48.4 Å². The van der Waals surface area contributed by atoms with E-state index in [4.69, 9.17) is 0 Å². The smallest absolute Gasteiger partial charge is 0.273 e. The first-order valence-electron chi connectivity index (χ1n) is 6.10. The highest BCUT2D eigenvalue weighted by atomic mass is 32.1. The second-order valence-electron chi connectivity index (χ2n) is 4.21. The lowest BCUT2D eigenvalue weighted by molar-refractivity contribution is -0.121. The van der Waals surface area contributed by atoms with Gasteiger partial charge in [0.1, 0.15) is 5.69 Å². The highest BCUT2D eigenvalue weighted by Gasteiger charge is 2.06. The standard InChI is InChI=1S/C12H13N5O3S/c1-7-4-5-21-9(7)6-13-16-10(18)3-2-8-11(19)14-12(20)17-15-8/h4-6H,2-3H2,1H3,(H,16,18)(H2,14,17,19,20)/b13-6+. The molecule has 0 atom stereocenters. The Hall–Kier alpha value is -2.55. The summed E-state index contributed by atoms with van der Waals surface area (Å²) >= 11 is 1.52. The Labute approximate surface area is 122 Å². The molecule has 8 nitrogen and oxygen atoms in total. The average Bonchev–Trinajstić information content (AvgIpc) is 2.83. The molecule has 2 heterocycles. The van der Waals surface area contributed by atoms with E-state index in [0.717, 1.165) is 10.4 Å².